The third kappa shape index (κ3) is 3.60. The second-order valence-corrected chi connectivity index (χ2v) is 7.75. The predicted octanol–water partition coefficient (Wildman–Crippen LogP) is -0.0343. The van der Waals surface area contributed by atoms with Crippen molar-refractivity contribution in [1.82, 2.24) is 4.90 Å². The number of methoxy groups -OCH3 is 2. The quantitative estimate of drug-likeness (QED) is 0.669. The second kappa shape index (κ2) is 8.73. The van der Waals surface area contributed by atoms with Crippen LogP contribution in [-0.4, -0.2) is 31.6 Å². The molecular weight excluding hydrogens is 456 g/mol. The Bertz CT molecular complexity index is 1110. The van der Waals surface area contributed by atoms with Crippen LogP contribution in [0.4, 0.5) is 0 Å². The molecule has 160 valence electrons. The number of allylic oxidation sites excluding steroid dienone is 4. The Morgan fingerprint density at radius 3 is 2.55 bits per heavy atom. The molecule has 0 bridgehead atoms. The minimum Gasteiger partial charge on any atom is -1.00 e. The predicted molar refractivity (Wildman–Crippen MR) is 115 cm³/mol. The molecule has 0 fully saturated rings. The molecule has 2 aromatic carbocycles. The zero-order valence-electron chi connectivity index (χ0n) is 17.6. The van der Waals surface area contributed by atoms with E-state index >= 15 is 0 Å². The number of nitrogens with two attached hydrogens (primary N) is 1. The van der Waals surface area contributed by atoms with Gasteiger partial charge in [-0.1, -0.05) is 42.5 Å². The molecule has 2 heterocycles. The number of carbonyl (C=O) groups is 1. The van der Waals surface area contributed by atoms with E-state index in [0.29, 0.717) is 5.75 Å². The number of amides is 1. The van der Waals surface area contributed by atoms with E-state index < -0.39 is 0 Å². The maximum absolute atomic E-state index is 13.4. The minimum absolute atomic E-state index is 0. The molecule has 31 heavy (non-hydrogen) atoms. The van der Waals surface area contributed by atoms with Crippen molar-refractivity contribution in [3.63, 3.8) is 0 Å². The third-order valence-corrected chi connectivity index (χ3v) is 6.14. The molecule has 0 saturated carbocycles. The van der Waals surface area contributed by atoms with Crippen LogP contribution in [0.15, 0.2) is 72.0 Å². The Morgan fingerprint density at radius 2 is 1.81 bits per heavy atom. The van der Waals surface area contributed by atoms with Crippen LogP contribution in [0.3, 0.4) is 0 Å². The minimum atomic E-state index is -0.332. The highest BCUT2D eigenvalue weighted by Crippen LogP contribution is 2.44. The number of fused-ring (bicyclic) bond motifs is 4. The van der Waals surface area contributed by atoms with Crippen molar-refractivity contribution in [3.8, 4) is 11.5 Å². The first-order chi connectivity index (χ1) is 14.7. The van der Waals surface area contributed by atoms with Crippen LogP contribution < -0.4 is 31.8 Å². The first kappa shape index (κ1) is 21.4. The summed E-state index contributed by atoms with van der Waals surface area (Å²) in [4.78, 5) is 15.7. The van der Waals surface area contributed by atoms with Crippen molar-refractivity contribution < 1.29 is 36.6 Å². The molecular formula is C25H25BrN2O3. The zero-order chi connectivity index (χ0) is 20.7. The van der Waals surface area contributed by atoms with E-state index in [2.05, 4.69) is 23.1 Å². The summed E-state index contributed by atoms with van der Waals surface area (Å²) in [5.41, 5.74) is 6.69. The topological polar surface area (TPSA) is 55.4 Å². The van der Waals surface area contributed by atoms with Gasteiger partial charge in [-0.3, -0.25) is 0 Å². The van der Waals surface area contributed by atoms with Crippen LogP contribution >= 0.6 is 0 Å². The molecule has 0 radical (unpaired) electrons. The van der Waals surface area contributed by atoms with Gasteiger partial charge in [0.05, 0.1) is 19.9 Å². The Balaban J connectivity index is 0.00000231. The van der Waals surface area contributed by atoms with Crippen LogP contribution in [-0.2, 0) is 11.2 Å². The van der Waals surface area contributed by atoms with Gasteiger partial charge in [0.25, 0.3) is 0 Å². The van der Waals surface area contributed by atoms with Crippen LogP contribution in [0, 0.1) is 0 Å². The van der Waals surface area contributed by atoms with Gasteiger partial charge in [-0.2, -0.15) is 0 Å². The van der Waals surface area contributed by atoms with E-state index in [1.165, 1.54) is 11.1 Å². The monoisotopic (exact) mass is 480 g/mol. The molecule has 0 saturated heterocycles. The summed E-state index contributed by atoms with van der Waals surface area (Å²) in [6.45, 7) is 0.775. The van der Waals surface area contributed by atoms with Crippen LogP contribution in [0.1, 0.15) is 29.2 Å². The highest BCUT2D eigenvalue weighted by atomic mass is 79.9. The normalized spacial score (nSPS) is 19.4. The number of primary amides is 1. The van der Waals surface area contributed by atoms with Crippen molar-refractivity contribution in [1.29, 1.82) is 0 Å². The Kier molecular flexibility index (Phi) is 6.03. The maximum Gasteiger partial charge on any atom is 0.342 e. The van der Waals surface area contributed by atoms with Gasteiger partial charge in [-0.25, -0.2) is 10.1 Å². The second-order valence-electron chi connectivity index (χ2n) is 7.75. The van der Waals surface area contributed by atoms with Crippen molar-refractivity contribution in [2.75, 3.05) is 20.8 Å². The summed E-state index contributed by atoms with van der Waals surface area (Å²) >= 11 is 0. The molecule has 1 aliphatic carbocycles. The average Bonchev–Trinajstić information content (AvgIpc) is 2.92. The lowest BCUT2D eigenvalue weighted by Crippen LogP contribution is -3.00. The molecule has 6 heteroatoms. The molecule has 2 N–H and O–H groups in total. The van der Waals surface area contributed by atoms with E-state index in [-0.39, 0.29) is 28.9 Å². The number of rotatable bonds is 3. The third-order valence-electron chi connectivity index (χ3n) is 6.14. The van der Waals surface area contributed by atoms with E-state index in [4.69, 9.17) is 9.47 Å². The Labute approximate surface area is 192 Å². The number of benzene rings is 2. The average molecular weight is 481 g/mol. The first-order valence-corrected chi connectivity index (χ1v) is 10.3. The standard InChI is InChI=1S/C25H24N2O3.BrH/c1-29-21-14-17-12-13-27-23(16-8-4-3-5-9-16)25(28)26-20-11-7-6-10-18(20)24(27)19(17)15-22(21)30-2;/h3-9,11,14-15,23H,10,12-13H2,1-2H3,(H,26,28);1H. The van der Waals surface area contributed by atoms with Crippen LogP contribution in [0.5, 0.6) is 11.5 Å². The van der Waals surface area contributed by atoms with Crippen molar-refractivity contribution in [2.24, 2.45) is 0 Å². The van der Waals surface area contributed by atoms with Gasteiger partial charge >= 0.3 is 5.91 Å². The lowest BCUT2D eigenvalue weighted by Gasteiger charge is -2.37. The molecule has 0 aromatic heterocycles. The highest BCUT2D eigenvalue weighted by molar-refractivity contribution is 5.85. The number of carbonyl (C=O) groups excluding carboxylic acids is 1. The number of hydrogen-bond donors (Lipinski definition) is 1. The number of hydrogen-bond acceptors (Lipinski definition) is 4. The maximum atomic E-state index is 13.4. The number of halogens is 1. The Morgan fingerprint density at radius 1 is 1.06 bits per heavy atom. The molecule has 5 nitrogen and oxygen atoms in total. The molecule has 3 aliphatic rings. The highest BCUT2D eigenvalue weighted by Gasteiger charge is 2.41. The van der Waals surface area contributed by atoms with E-state index in [1.54, 1.807) is 14.2 Å². The first-order valence-electron chi connectivity index (χ1n) is 10.3. The number of nitrogens with zero attached hydrogens (tertiary/aromatic N) is 1. The summed E-state index contributed by atoms with van der Waals surface area (Å²) < 4.78 is 11.2. The zero-order valence-corrected chi connectivity index (χ0v) is 19.2. The lowest BCUT2D eigenvalue weighted by molar-refractivity contribution is -0.517. The largest absolute Gasteiger partial charge is 1.00 e. The fourth-order valence-corrected chi connectivity index (χ4v) is 4.76. The fraction of sp³-hybridized carbons (Fsp3) is 0.240. The molecule has 2 aliphatic heterocycles. The smallest absolute Gasteiger partial charge is 0.342 e. The van der Waals surface area contributed by atoms with Crippen LogP contribution in [0.2, 0.25) is 0 Å². The van der Waals surface area contributed by atoms with Gasteiger partial charge in [-0.05, 0) is 42.2 Å². The van der Waals surface area contributed by atoms with E-state index in [1.807, 2.05) is 47.8 Å². The fourth-order valence-electron chi connectivity index (χ4n) is 4.76. The summed E-state index contributed by atoms with van der Waals surface area (Å²) in [5.74, 6) is 1.57. The van der Waals surface area contributed by atoms with Gasteiger partial charge < -0.3 is 31.4 Å². The van der Waals surface area contributed by atoms with Crippen molar-refractivity contribution in [3.05, 3.63) is 88.7 Å². The van der Waals surface area contributed by atoms with Gasteiger partial charge in [0.1, 0.15) is 5.70 Å². The summed E-state index contributed by atoms with van der Waals surface area (Å²) in [7, 11) is 3.33. The van der Waals surface area contributed by atoms with Gasteiger partial charge in [0.2, 0.25) is 0 Å². The summed E-state index contributed by atoms with van der Waals surface area (Å²) in [5, 5.41) is 1.82. The number of ether oxygens (including phenoxy) is 2. The van der Waals surface area contributed by atoms with E-state index in [0.717, 1.165) is 47.7 Å². The van der Waals surface area contributed by atoms with Crippen molar-refractivity contribution >= 4 is 11.6 Å². The Hall–Kier alpha value is -2.83. The lowest BCUT2D eigenvalue weighted by atomic mass is 9.89. The molecule has 5 rings (SSSR count). The summed E-state index contributed by atoms with van der Waals surface area (Å²) in [6.07, 6.45) is 7.88. The van der Waals surface area contributed by atoms with Crippen molar-refractivity contribution in [2.45, 2.75) is 18.9 Å². The van der Waals surface area contributed by atoms with Gasteiger partial charge in [0, 0.05) is 17.7 Å². The van der Waals surface area contributed by atoms with E-state index in [9.17, 15) is 4.79 Å². The number of quaternary nitrogens is 1. The molecule has 1 unspecified atom stereocenters. The molecule has 1 amide bonds. The van der Waals surface area contributed by atoms with Gasteiger partial charge in [0.15, 0.2) is 17.5 Å². The SMILES string of the molecule is COc1cc2c(cc1OC)C1=C3CC=CC=C3[NH2+]C(=O)C(c3ccccc3)N1CC2.[Br-]. The van der Waals surface area contributed by atoms with Crippen LogP contribution in [0.25, 0.3) is 5.70 Å². The molecule has 1 atom stereocenters. The molecule has 0 spiro atoms. The summed E-state index contributed by atoms with van der Waals surface area (Å²) in [6, 6.07) is 13.9. The molecule has 2 aromatic rings. The van der Waals surface area contributed by atoms with Gasteiger partial charge in [-0.15, -0.1) is 0 Å².